The van der Waals surface area contributed by atoms with E-state index in [2.05, 4.69) is 4.98 Å². The Hall–Kier alpha value is -1.91. The van der Waals surface area contributed by atoms with E-state index in [1.165, 1.54) is 0 Å². The number of carbonyl (C=O) groups is 2. The van der Waals surface area contributed by atoms with Crippen LogP contribution in [0, 0.1) is 0 Å². The first-order valence-corrected chi connectivity index (χ1v) is 7.32. The third kappa shape index (κ3) is 3.80. The number of amides is 1. The smallest absolute Gasteiger partial charge is 0.410 e. The number of rotatable bonds is 2. The summed E-state index contributed by atoms with van der Waals surface area (Å²) >= 11 is 0. The first-order valence-electron chi connectivity index (χ1n) is 7.32. The Morgan fingerprint density at radius 1 is 1.43 bits per heavy atom. The second-order valence-electron chi connectivity index (χ2n) is 6.28. The van der Waals surface area contributed by atoms with Crippen LogP contribution < -0.4 is 0 Å². The molecule has 2 heterocycles. The van der Waals surface area contributed by atoms with Crippen molar-refractivity contribution in [1.29, 1.82) is 0 Å². The summed E-state index contributed by atoms with van der Waals surface area (Å²) in [6.07, 6.45) is 4.87. The maximum absolute atomic E-state index is 12.4. The highest BCUT2D eigenvalue weighted by molar-refractivity contribution is 5.77. The van der Waals surface area contributed by atoms with Crippen molar-refractivity contribution in [2.45, 2.75) is 51.7 Å². The van der Waals surface area contributed by atoms with Gasteiger partial charge in [0.25, 0.3) is 0 Å². The van der Waals surface area contributed by atoms with Crippen molar-refractivity contribution in [3.8, 4) is 0 Å². The summed E-state index contributed by atoms with van der Waals surface area (Å²) in [5.74, 6) is 0. The van der Waals surface area contributed by atoms with Gasteiger partial charge in [0.15, 0.2) is 6.29 Å². The molecule has 21 heavy (non-hydrogen) atoms. The molecule has 0 spiro atoms. The highest BCUT2D eigenvalue weighted by Gasteiger charge is 2.33. The van der Waals surface area contributed by atoms with Gasteiger partial charge < -0.3 is 4.74 Å². The summed E-state index contributed by atoms with van der Waals surface area (Å²) in [4.78, 5) is 29.6. The summed E-state index contributed by atoms with van der Waals surface area (Å²) < 4.78 is 5.47. The molecule has 0 N–H and O–H groups in total. The fraction of sp³-hybridized carbons (Fsp3) is 0.562. The Bertz CT molecular complexity index is 522. The molecule has 5 nitrogen and oxygen atoms in total. The molecular weight excluding hydrogens is 268 g/mol. The molecule has 1 unspecified atom stereocenters. The quantitative estimate of drug-likeness (QED) is 0.784. The Kier molecular flexibility index (Phi) is 4.60. The van der Waals surface area contributed by atoms with Crippen LogP contribution in [0.2, 0.25) is 0 Å². The van der Waals surface area contributed by atoms with Gasteiger partial charge in [0.2, 0.25) is 0 Å². The Labute approximate surface area is 125 Å². The molecule has 0 aliphatic carbocycles. The molecule has 1 aliphatic heterocycles. The minimum atomic E-state index is -0.531. The first-order chi connectivity index (χ1) is 9.92. The number of hydrogen-bond donors (Lipinski definition) is 0. The fourth-order valence-electron chi connectivity index (χ4n) is 2.56. The van der Waals surface area contributed by atoms with E-state index in [9.17, 15) is 9.59 Å². The van der Waals surface area contributed by atoms with Gasteiger partial charge in [-0.1, -0.05) is 0 Å². The number of nitrogens with zero attached hydrogens (tertiary/aromatic N) is 2. The van der Waals surface area contributed by atoms with Gasteiger partial charge in [-0.25, -0.2) is 4.79 Å². The molecule has 1 amide bonds. The van der Waals surface area contributed by atoms with Gasteiger partial charge in [-0.3, -0.25) is 14.7 Å². The van der Waals surface area contributed by atoms with Crippen LogP contribution in [0.25, 0.3) is 0 Å². The van der Waals surface area contributed by atoms with Gasteiger partial charge in [-0.15, -0.1) is 0 Å². The highest BCUT2D eigenvalue weighted by atomic mass is 16.6. The predicted octanol–water partition coefficient (Wildman–Crippen LogP) is 3.36. The Balaban J connectivity index is 2.27. The molecule has 114 valence electrons. The zero-order valence-corrected chi connectivity index (χ0v) is 12.8. The van der Waals surface area contributed by atoms with Crippen LogP contribution in [0.1, 0.15) is 62.1 Å². The van der Waals surface area contributed by atoms with Crippen molar-refractivity contribution in [2.75, 3.05) is 6.54 Å². The molecule has 5 heteroatoms. The lowest BCUT2D eigenvalue weighted by Crippen LogP contribution is -2.42. The normalized spacial score (nSPS) is 19.2. The molecule has 1 aliphatic rings. The van der Waals surface area contributed by atoms with E-state index >= 15 is 0 Å². The minimum absolute atomic E-state index is 0.185. The minimum Gasteiger partial charge on any atom is -0.444 e. The van der Waals surface area contributed by atoms with Gasteiger partial charge in [-0.2, -0.15) is 0 Å². The number of piperidine rings is 1. The maximum Gasteiger partial charge on any atom is 0.410 e. The monoisotopic (exact) mass is 290 g/mol. The molecule has 0 aromatic carbocycles. The molecule has 1 fully saturated rings. The lowest BCUT2D eigenvalue weighted by Gasteiger charge is -2.36. The molecule has 1 aromatic heterocycles. The Morgan fingerprint density at radius 3 is 2.86 bits per heavy atom. The average molecular weight is 290 g/mol. The van der Waals surface area contributed by atoms with Crippen molar-refractivity contribution in [3.05, 3.63) is 29.6 Å². The first kappa shape index (κ1) is 15.5. The maximum atomic E-state index is 12.4. The van der Waals surface area contributed by atoms with Crippen molar-refractivity contribution < 1.29 is 14.3 Å². The molecule has 0 radical (unpaired) electrons. The largest absolute Gasteiger partial charge is 0.444 e. The van der Waals surface area contributed by atoms with E-state index in [0.29, 0.717) is 17.8 Å². The van der Waals surface area contributed by atoms with Crippen LogP contribution in [0.3, 0.4) is 0 Å². The second-order valence-corrected chi connectivity index (χ2v) is 6.28. The topological polar surface area (TPSA) is 59.5 Å². The summed E-state index contributed by atoms with van der Waals surface area (Å²) in [5.41, 5.74) is 0.674. The zero-order chi connectivity index (χ0) is 15.5. The van der Waals surface area contributed by atoms with E-state index in [0.717, 1.165) is 25.5 Å². The zero-order valence-electron chi connectivity index (χ0n) is 12.8. The molecule has 2 rings (SSSR count). The summed E-state index contributed by atoms with van der Waals surface area (Å²) in [6.45, 7) is 6.18. The van der Waals surface area contributed by atoms with Crippen molar-refractivity contribution in [2.24, 2.45) is 0 Å². The van der Waals surface area contributed by atoms with Crippen molar-refractivity contribution in [3.63, 3.8) is 0 Å². The number of aldehydes is 1. The summed E-state index contributed by atoms with van der Waals surface area (Å²) in [6, 6.07) is 3.28. The van der Waals surface area contributed by atoms with E-state index in [1.807, 2.05) is 20.8 Å². The van der Waals surface area contributed by atoms with E-state index in [4.69, 9.17) is 4.74 Å². The number of hydrogen-bond acceptors (Lipinski definition) is 4. The summed E-state index contributed by atoms with van der Waals surface area (Å²) in [7, 11) is 0. The highest BCUT2D eigenvalue weighted by Crippen LogP contribution is 2.32. The SMILES string of the molecule is CC(C)(C)OC(=O)N1CCCCC1c1ncccc1C=O. The van der Waals surface area contributed by atoms with Gasteiger partial charge >= 0.3 is 6.09 Å². The van der Waals surface area contributed by atoms with Crippen LogP contribution in [0.5, 0.6) is 0 Å². The molecular formula is C16H22N2O3. The fourth-order valence-corrected chi connectivity index (χ4v) is 2.56. The van der Waals surface area contributed by atoms with E-state index < -0.39 is 5.60 Å². The standard InChI is InChI=1S/C16H22N2O3/c1-16(2,3)21-15(20)18-10-5-4-8-13(18)14-12(11-19)7-6-9-17-14/h6-7,9,11,13H,4-5,8,10H2,1-3H3. The molecule has 1 aromatic rings. The lowest BCUT2D eigenvalue weighted by molar-refractivity contribution is 0.00890. The van der Waals surface area contributed by atoms with Gasteiger partial charge in [0.05, 0.1) is 11.7 Å². The van der Waals surface area contributed by atoms with E-state index in [-0.39, 0.29) is 12.1 Å². The van der Waals surface area contributed by atoms with Crippen molar-refractivity contribution in [1.82, 2.24) is 9.88 Å². The van der Waals surface area contributed by atoms with E-state index in [1.54, 1.807) is 23.2 Å². The Morgan fingerprint density at radius 2 is 2.19 bits per heavy atom. The van der Waals surface area contributed by atoms with Gasteiger partial charge in [-0.05, 0) is 52.2 Å². The number of ether oxygens (including phenoxy) is 1. The summed E-state index contributed by atoms with van der Waals surface area (Å²) in [5, 5.41) is 0. The third-order valence-corrected chi connectivity index (χ3v) is 3.44. The molecule has 1 atom stereocenters. The van der Waals surface area contributed by atoms with Gasteiger partial charge in [0.1, 0.15) is 5.60 Å². The van der Waals surface area contributed by atoms with Crippen LogP contribution in [-0.2, 0) is 4.74 Å². The number of aromatic nitrogens is 1. The molecule has 0 saturated carbocycles. The average Bonchev–Trinajstić information content (AvgIpc) is 2.45. The van der Waals surface area contributed by atoms with Gasteiger partial charge in [0, 0.05) is 18.3 Å². The predicted molar refractivity (Wildman–Crippen MR) is 79.2 cm³/mol. The molecule has 1 saturated heterocycles. The number of likely N-dealkylation sites (tertiary alicyclic amines) is 1. The van der Waals surface area contributed by atoms with Crippen LogP contribution in [0.4, 0.5) is 4.79 Å². The molecule has 0 bridgehead atoms. The lowest BCUT2D eigenvalue weighted by atomic mass is 9.96. The number of pyridine rings is 1. The number of carbonyl (C=O) groups excluding carboxylic acids is 2. The third-order valence-electron chi connectivity index (χ3n) is 3.44. The van der Waals surface area contributed by atoms with Crippen molar-refractivity contribution >= 4 is 12.4 Å². The van der Waals surface area contributed by atoms with Crippen LogP contribution >= 0.6 is 0 Å². The second kappa shape index (κ2) is 6.24. The van der Waals surface area contributed by atoms with Crippen LogP contribution in [-0.4, -0.2) is 34.4 Å². The van der Waals surface area contributed by atoms with Crippen LogP contribution in [0.15, 0.2) is 18.3 Å².